The summed E-state index contributed by atoms with van der Waals surface area (Å²) < 4.78 is 0.765. The summed E-state index contributed by atoms with van der Waals surface area (Å²) >= 11 is 2.08. The Balaban J connectivity index is 2.16. The van der Waals surface area contributed by atoms with Crippen molar-refractivity contribution < 1.29 is 5.11 Å². The SMILES string of the molecule is N#C/C(=C\c1ccc(O)c(I)c1)c1cccc2ccccc12. The van der Waals surface area contributed by atoms with Crippen LogP contribution in [-0.4, -0.2) is 5.11 Å². The first-order valence-electron chi connectivity index (χ1n) is 6.77. The minimum Gasteiger partial charge on any atom is -0.507 e. The number of allylic oxidation sites excluding steroid dienone is 1. The molecule has 0 radical (unpaired) electrons. The molecular formula is C19H12INO. The van der Waals surface area contributed by atoms with Crippen molar-refractivity contribution in [3.8, 4) is 11.8 Å². The highest BCUT2D eigenvalue weighted by atomic mass is 127. The first kappa shape index (κ1) is 14.6. The summed E-state index contributed by atoms with van der Waals surface area (Å²) in [4.78, 5) is 0. The van der Waals surface area contributed by atoms with E-state index in [0.29, 0.717) is 5.57 Å². The van der Waals surface area contributed by atoms with Gasteiger partial charge in [0.05, 0.1) is 15.2 Å². The number of nitriles is 1. The van der Waals surface area contributed by atoms with Crippen molar-refractivity contribution in [1.29, 1.82) is 5.26 Å². The third-order valence-corrected chi connectivity index (χ3v) is 4.35. The van der Waals surface area contributed by atoms with Gasteiger partial charge in [0.1, 0.15) is 5.75 Å². The molecule has 0 saturated heterocycles. The summed E-state index contributed by atoms with van der Waals surface area (Å²) in [6.45, 7) is 0. The van der Waals surface area contributed by atoms with Crippen LogP contribution in [0.3, 0.4) is 0 Å². The third kappa shape index (κ3) is 2.83. The summed E-state index contributed by atoms with van der Waals surface area (Å²) in [6.07, 6.45) is 1.85. The largest absolute Gasteiger partial charge is 0.507 e. The molecule has 22 heavy (non-hydrogen) atoms. The topological polar surface area (TPSA) is 44.0 Å². The van der Waals surface area contributed by atoms with Gasteiger partial charge in [0.15, 0.2) is 0 Å². The molecule has 2 nitrogen and oxygen atoms in total. The molecular weight excluding hydrogens is 385 g/mol. The molecule has 0 saturated carbocycles. The molecule has 3 aromatic rings. The monoisotopic (exact) mass is 397 g/mol. The van der Waals surface area contributed by atoms with Crippen LogP contribution in [0.4, 0.5) is 0 Å². The summed E-state index contributed by atoms with van der Waals surface area (Å²) in [5.41, 5.74) is 2.42. The molecule has 0 bridgehead atoms. The fourth-order valence-corrected chi connectivity index (χ4v) is 2.95. The summed E-state index contributed by atoms with van der Waals surface area (Å²) in [5.74, 6) is 0.251. The zero-order chi connectivity index (χ0) is 15.5. The summed E-state index contributed by atoms with van der Waals surface area (Å²) in [7, 11) is 0. The van der Waals surface area contributed by atoms with E-state index >= 15 is 0 Å². The number of hydrogen-bond donors (Lipinski definition) is 1. The highest BCUT2D eigenvalue weighted by Crippen LogP contribution is 2.28. The molecule has 106 valence electrons. The van der Waals surface area contributed by atoms with Gasteiger partial charge in [-0.25, -0.2) is 0 Å². The Morgan fingerprint density at radius 3 is 2.59 bits per heavy atom. The molecule has 0 heterocycles. The van der Waals surface area contributed by atoms with Crippen LogP contribution in [-0.2, 0) is 0 Å². The van der Waals surface area contributed by atoms with E-state index in [0.717, 1.165) is 25.5 Å². The van der Waals surface area contributed by atoms with Crippen molar-refractivity contribution in [3.05, 3.63) is 75.4 Å². The number of benzene rings is 3. The molecule has 0 aliphatic heterocycles. The second-order valence-corrected chi connectivity index (χ2v) is 6.07. The number of phenols is 1. The molecule has 0 aliphatic rings. The Kier molecular flexibility index (Phi) is 4.12. The van der Waals surface area contributed by atoms with E-state index in [-0.39, 0.29) is 5.75 Å². The van der Waals surface area contributed by atoms with Crippen molar-refractivity contribution in [2.24, 2.45) is 0 Å². The molecule has 1 N–H and O–H groups in total. The maximum Gasteiger partial charge on any atom is 0.128 e. The van der Waals surface area contributed by atoms with Crippen LogP contribution in [0.15, 0.2) is 60.7 Å². The van der Waals surface area contributed by atoms with Crippen molar-refractivity contribution in [3.63, 3.8) is 0 Å². The van der Waals surface area contributed by atoms with Gasteiger partial charge in [-0.15, -0.1) is 0 Å². The first-order chi connectivity index (χ1) is 10.7. The van der Waals surface area contributed by atoms with Gasteiger partial charge in [-0.1, -0.05) is 48.5 Å². The predicted molar refractivity (Wildman–Crippen MR) is 98.3 cm³/mol. The van der Waals surface area contributed by atoms with Gasteiger partial charge in [0.2, 0.25) is 0 Å². The van der Waals surface area contributed by atoms with Gasteiger partial charge < -0.3 is 5.11 Å². The number of phenolic OH excluding ortho intramolecular Hbond substituents is 1. The van der Waals surface area contributed by atoms with Gasteiger partial charge in [-0.2, -0.15) is 5.26 Å². The molecule has 0 aromatic heterocycles. The van der Waals surface area contributed by atoms with Gasteiger partial charge in [-0.05, 0) is 57.1 Å². The van der Waals surface area contributed by atoms with E-state index in [4.69, 9.17) is 0 Å². The minimum absolute atomic E-state index is 0.251. The van der Waals surface area contributed by atoms with E-state index in [1.807, 2.05) is 54.6 Å². The van der Waals surface area contributed by atoms with Crippen LogP contribution < -0.4 is 0 Å². The number of rotatable bonds is 2. The Morgan fingerprint density at radius 2 is 1.82 bits per heavy atom. The van der Waals surface area contributed by atoms with E-state index in [2.05, 4.69) is 28.7 Å². The number of nitrogens with zero attached hydrogens (tertiary/aromatic N) is 1. The van der Waals surface area contributed by atoms with Crippen LogP contribution in [0.5, 0.6) is 5.75 Å². The number of aromatic hydroxyl groups is 1. The van der Waals surface area contributed by atoms with Crippen molar-refractivity contribution >= 4 is 45.0 Å². The summed E-state index contributed by atoms with van der Waals surface area (Å²) in [6, 6.07) is 21.6. The molecule has 3 heteroatoms. The average molecular weight is 397 g/mol. The highest BCUT2D eigenvalue weighted by Gasteiger charge is 2.06. The Hall–Kier alpha value is -2.32. The average Bonchev–Trinajstić information content (AvgIpc) is 2.55. The van der Waals surface area contributed by atoms with E-state index < -0.39 is 0 Å². The van der Waals surface area contributed by atoms with Crippen LogP contribution in [0.2, 0.25) is 0 Å². The third-order valence-electron chi connectivity index (χ3n) is 3.48. The minimum atomic E-state index is 0.251. The number of hydrogen-bond acceptors (Lipinski definition) is 2. The lowest BCUT2D eigenvalue weighted by atomic mass is 9.97. The molecule has 0 unspecified atom stereocenters. The molecule has 0 fully saturated rings. The molecule has 0 atom stereocenters. The van der Waals surface area contributed by atoms with Crippen LogP contribution >= 0.6 is 22.6 Å². The fraction of sp³-hybridized carbons (Fsp3) is 0. The maximum atomic E-state index is 9.60. The van der Waals surface area contributed by atoms with Crippen molar-refractivity contribution in [2.75, 3.05) is 0 Å². The molecule has 0 aliphatic carbocycles. The maximum absolute atomic E-state index is 9.60. The smallest absolute Gasteiger partial charge is 0.128 e. The van der Waals surface area contributed by atoms with Crippen molar-refractivity contribution in [1.82, 2.24) is 0 Å². The second-order valence-electron chi connectivity index (χ2n) is 4.91. The van der Waals surface area contributed by atoms with E-state index in [9.17, 15) is 10.4 Å². The number of fused-ring (bicyclic) bond motifs is 1. The van der Waals surface area contributed by atoms with Gasteiger partial charge in [0.25, 0.3) is 0 Å². The normalized spacial score (nSPS) is 11.4. The van der Waals surface area contributed by atoms with Crippen molar-refractivity contribution in [2.45, 2.75) is 0 Å². The van der Waals surface area contributed by atoms with Gasteiger partial charge in [0, 0.05) is 5.56 Å². The van der Waals surface area contributed by atoms with E-state index in [1.54, 1.807) is 12.1 Å². The fourth-order valence-electron chi connectivity index (χ4n) is 2.41. The highest BCUT2D eigenvalue weighted by molar-refractivity contribution is 14.1. The Labute approximate surface area is 142 Å². The zero-order valence-corrected chi connectivity index (χ0v) is 13.8. The van der Waals surface area contributed by atoms with Crippen LogP contribution in [0, 0.1) is 14.9 Å². The van der Waals surface area contributed by atoms with E-state index in [1.165, 1.54) is 0 Å². The van der Waals surface area contributed by atoms with Gasteiger partial charge >= 0.3 is 0 Å². The second kappa shape index (κ2) is 6.20. The Morgan fingerprint density at radius 1 is 1.05 bits per heavy atom. The lowest BCUT2D eigenvalue weighted by Gasteiger charge is -2.06. The zero-order valence-electron chi connectivity index (χ0n) is 11.6. The lowest BCUT2D eigenvalue weighted by Crippen LogP contribution is -1.85. The summed E-state index contributed by atoms with van der Waals surface area (Å²) in [5, 5.41) is 21.3. The first-order valence-corrected chi connectivity index (χ1v) is 7.85. The molecule has 3 aromatic carbocycles. The molecule has 0 spiro atoms. The van der Waals surface area contributed by atoms with Crippen LogP contribution in [0.1, 0.15) is 11.1 Å². The number of halogens is 1. The van der Waals surface area contributed by atoms with Gasteiger partial charge in [-0.3, -0.25) is 0 Å². The Bertz CT molecular complexity index is 917. The lowest BCUT2D eigenvalue weighted by molar-refractivity contribution is 0.471. The molecule has 3 rings (SSSR count). The van der Waals surface area contributed by atoms with Crippen LogP contribution in [0.25, 0.3) is 22.4 Å². The standard InChI is InChI=1S/C19H12INO/c20-18-11-13(8-9-19(18)22)10-15(12-21)17-7-3-5-14-4-1-2-6-16(14)17/h1-11,22H/b15-10+. The molecule has 0 amide bonds. The predicted octanol–water partition coefficient (Wildman–Crippen LogP) is 5.21. The quantitative estimate of drug-likeness (QED) is 0.366.